The van der Waals surface area contributed by atoms with Crippen molar-refractivity contribution in [2.24, 2.45) is 5.73 Å². The summed E-state index contributed by atoms with van der Waals surface area (Å²) in [6, 6.07) is 5.18. The molecule has 0 radical (unpaired) electrons. The van der Waals surface area contributed by atoms with E-state index in [1.165, 1.54) is 0 Å². The second kappa shape index (κ2) is 6.23. The van der Waals surface area contributed by atoms with Gasteiger partial charge in [-0.25, -0.2) is 4.79 Å². The molecule has 2 aromatic rings. The van der Waals surface area contributed by atoms with Gasteiger partial charge >= 0.3 is 6.03 Å². The molecule has 1 saturated carbocycles. The largest absolute Gasteiger partial charge is 0.336 e. The fourth-order valence-electron chi connectivity index (χ4n) is 2.88. The van der Waals surface area contributed by atoms with Gasteiger partial charge in [-0.3, -0.25) is 4.90 Å². The molecular formula is C15H17Cl2N5O2. The van der Waals surface area contributed by atoms with E-state index in [2.05, 4.69) is 15.5 Å². The van der Waals surface area contributed by atoms with Crippen molar-refractivity contribution >= 4 is 35.7 Å². The van der Waals surface area contributed by atoms with Crippen molar-refractivity contribution in [2.45, 2.75) is 24.8 Å². The van der Waals surface area contributed by atoms with Crippen molar-refractivity contribution in [3.63, 3.8) is 0 Å². The highest BCUT2D eigenvalue weighted by molar-refractivity contribution is 6.33. The van der Waals surface area contributed by atoms with Gasteiger partial charge in [-0.2, -0.15) is 4.98 Å². The Labute approximate surface area is 149 Å². The van der Waals surface area contributed by atoms with Crippen LogP contribution < -0.4 is 16.0 Å². The maximum absolute atomic E-state index is 11.8. The summed E-state index contributed by atoms with van der Waals surface area (Å²) in [5.41, 5.74) is 7.08. The molecule has 1 saturated heterocycles. The van der Waals surface area contributed by atoms with Gasteiger partial charge in [0.1, 0.15) is 0 Å². The Morgan fingerprint density at radius 3 is 2.79 bits per heavy atom. The molecule has 0 bridgehead atoms. The number of nitrogens with two attached hydrogens (primary N) is 1. The average Bonchev–Trinajstić information content (AvgIpc) is 3.15. The maximum Gasteiger partial charge on any atom is 0.321 e. The number of nitrogens with zero attached hydrogens (tertiary/aromatic N) is 3. The first-order valence-electron chi connectivity index (χ1n) is 7.55. The lowest BCUT2D eigenvalue weighted by Crippen LogP contribution is -2.44. The molecule has 1 aliphatic heterocycles. The molecule has 0 spiro atoms. The van der Waals surface area contributed by atoms with Crippen LogP contribution in [0.15, 0.2) is 22.7 Å². The maximum atomic E-state index is 11.8. The molecule has 128 valence electrons. The fraction of sp³-hybridized carbons (Fsp3) is 0.400. The zero-order valence-electron chi connectivity index (χ0n) is 12.8. The minimum atomic E-state index is -0.485. The van der Waals surface area contributed by atoms with Gasteiger partial charge in [0.05, 0.1) is 16.1 Å². The Hall–Kier alpha value is -1.83. The van der Waals surface area contributed by atoms with Gasteiger partial charge in [-0.1, -0.05) is 16.8 Å². The Morgan fingerprint density at radius 2 is 2.17 bits per heavy atom. The van der Waals surface area contributed by atoms with Crippen molar-refractivity contribution < 1.29 is 9.32 Å². The minimum Gasteiger partial charge on any atom is -0.336 e. The van der Waals surface area contributed by atoms with E-state index in [1.807, 2.05) is 0 Å². The lowest BCUT2D eigenvalue weighted by atomic mass is 9.77. The molecule has 9 heteroatoms. The van der Waals surface area contributed by atoms with E-state index in [4.69, 9.17) is 21.9 Å². The average molecular weight is 370 g/mol. The predicted octanol–water partition coefficient (Wildman–Crippen LogP) is 2.68. The molecule has 4 rings (SSSR count). The zero-order chi connectivity index (χ0) is 16.0. The normalized spacial score (nSPS) is 18.8. The van der Waals surface area contributed by atoms with Crippen LogP contribution in [0.2, 0.25) is 5.02 Å². The number of halogens is 2. The standard InChI is InChI=1S/C15H16ClN5O2.ClH/c16-11-3-2-9(21-7-6-18-14(21)22)8-10(11)12-19-13(20-23-12)15(17)4-1-5-15;/h2-3,8H,1,4-7,17H2,(H,18,22);1H. The summed E-state index contributed by atoms with van der Waals surface area (Å²) in [4.78, 5) is 17.9. The van der Waals surface area contributed by atoms with Crippen LogP contribution in [-0.2, 0) is 5.54 Å². The molecule has 2 amide bonds. The number of anilines is 1. The van der Waals surface area contributed by atoms with Crippen LogP contribution in [0.3, 0.4) is 0 Å². The molecule has 2 aliphatic rings. The van der Waals surface area contributed by atoms with Crippen LogP contribution in [0.25, 0.3) is 11.5 Å². The molecule has 7 nitrogen and oxygen atoms in total. The molecule has 1 aromatic heterocycles. The summed E-state index contributed by atoms with van der Waals surface area (Å²) < 4.78 is 5.35. The summed E-state index contributed by atoms with van der Waals surface area (Å²) in [6.45, 7) is 1.23. The lowest BCUT2D eigenvalue weighted by molar-refractivity contribution is 0.229. The highest BCUT2D eigenvalue weighted by Crippen LogP contribution is 2.38. The van der Waals surface area contributed by atoms with Crippen molar-refractivity contribution in [3.05, 3.63) is 29.0 Å². The number of hydrogen-bond acceptors (Lipinski definition) is 5. The molecule has 1 aromatic carbocycles. The van der Waals surface area contributed by atoms with Crippen LogP contribution in [-0.4, -0.2) is 29.3 Å². The lowest BCUT2D eigenvalue weighted by Gasteiger charge is -2.34. The van der Waals surface area contributed by atoms with Gasteiger partial charge in [-0.05, 0) is 37.5 Å². The van der Waals surface area contributed by atoms with Crippen LogP contribution in [0, 0.1) is 0 Å². The first kappa shape index (κ1) is 17.0. The van der Waals surface area contributed by atoms with Crippen LogP contribution in [0.1, 0.15) is 25.1 Å². The molecule has 0 atom stereocenters. The van der Waals surface area contributed by atoms with E-state index in [1.54, 1.807) is 23.1 Å². The smallest absolute Gasteiger partial charge is 0.321 e. The second-order valence-corrected chi connectivity index (χ2v) is 6.39. The molecule has 0 unspecified atom stereocenters. The Balaban J connectivity index is 0.00000169. The number of carbonyl (C=O) groups excluding carboxylic acids is 1. The SMILES string of the molecule is Cl.NC1(c2noc(-c3cc(N4CCNC4=O)ccc3Cl)n2)CCC1. The summed E-state index contributed by atoms with van der Waals surface area (Å²) >= 11 is 6.27. The summed E-state index contributed by atoms with van der Waals surface area (Å²) in [6.07, 6.45) is 2.78. The van der Waals surface area contributed by atoms with Crippen LogP contribution >= 0.6 is 24.0 Å². The van der Waals surface area contributed by atoms with Crippen LogP contribution in [0.4, 0.5) is 10.5 Å². The van der Waals surface area contributed by atoms with Gasteiger partial charge in [0.25, 0.3) is 5.89 Å². The van der Waals surface area contributed by atoms with Gasteiger partial charge in [0.15, 0.2) is 5.82 Å². The molecule has 2 fully saturated rings. The molecule has 2 heterocycles. The predicted molar refractivity (Wildman–Crippen MR) is 92.5 cm³/mol. The molecule has 24 heavy (non-hydrogen) atoms. The number of benzene rings is 1. The van der Waals surface area contributed by atoms with Gasteiger partial charge in [-0.15, -0.1) is 12.4 Å². The molecule has 1 aliphatic carbocycles. The summed E-state index contributed by atoms with van der Waals surface area (Å²) in [5.74, 6) is 0.835. The number of hydrogen-bond donors (Lipinski definition) is 2. The second-order valence-electron chi connectivity index (χ2n) is 5.98. The van der Waals surface area contributed by atoms with Crippen molar-refractivity contribution in [1.82, 2.24) is 15.5 Å². The van der Waals surface area contributed by atoms with E-state index in [9.17, 15) is 4.79 Å². The highest BCUT2D eigenvalue weighted by Gasteiger charge is 2.39. The number of amides is 2. The van der Waals surface area contributed by atoms with E-state index in [0.29, 0.717) is 35.4 Å². The monoisotopic (exact) mass is 369 g/mol. The van der Waals surface area contributed by atoms with Gasteiger partial charge in [0.2, 0.25) is 0 Å². The first-order valence-corrected chi connectivity index (χ1v) is 7.93. The Kier molecular flexibility index (Phi) is 4.42. The highest BCUT2D eigenvalue weighted by atomic mass is 35.5. The topological polar surface area (TPSA) is 97.3 Å². The Bertz CT molecular complexity index is 775. The number of aromatic nitrogens is 2. The first-order chi connectivity index (χ1) is 11.1. The summed E-state index contributed by atoms with van der Waals surface area (Å²) in [5, 5.41) is 7.26. The van der Waals surface area contributed by atoms with E-state index >= 15 is 0 Å². The van der Waals surface area contributed by atoms with Crippen molar-refractivity contribution in [2.75, 3.05) is 18.0 Å². The van der Waals surface area contributed by atoms with E-state index in [-0.39, 0.29) is 18.4 Å². The molecular weight excluding hydrogens is 353 g/mol. The number of carbonyl (C=O) groups is 1. The fourth-order valence-corrected chi connectivity index (χ4v) is 3.08. The quantitative estimate of drug-likeness (QED) is 0.866. The number of nitrogens with one attached hydrogen (secondary N) is 1. The van der Waals surface area contributed by atoms with Crippen molar-refractivity contribution in [3.8, 4) is 11.5 Å². The third kappa shape index (κ3) is 2.72. The molecule has 3 N–H and O–H groups in total. The van der Waals surface area contributed by atoms with Gasteiger partial charge in [0, 0.05) is 18.8 Å². The number of urea groups is 1. The van der Waals surface area contributed by atoms with E-state index in [0.717, 1.165) is 24.9 Å². The zero-order valence-corrected chi connectivity index (χ0v) is 14.4. The summed E-state index contributed by atoms with van der Waals surface area (Å²) in [7, 11) is 0. The third-order valence-corrected chi connectivity index (χ3v) is 4.80. The minimum absolute atomic E-state index is 0. The van der Waals surface area contributed by atoms with Crippen LogP contribution in [0.5, 0.6) is 0 Å². The van der Waals surface area contributed by atoms with E-state index < -0.39 is 5.54 Å². The van der Waals surface area contributed by atoms with Crippen molar-refractivity contribution in [1.29, 1.82) is 0 Å². The third-order valence-electron chi connectivity index (χ3n) is 4.47. The van der Waals surface area contributed by atoms with Gasteiger partial charge < -0.3 is 15.6 Å². The number of rotatable bonds is 3. The Morgan fingerprint density at radius 1 is 1.38 bits per heavy atom.